The maximum absolute atomic E-state index is 13.0. The molecule has 146 valence electrons. The third kappa shape index (κ3) is 4.55. The van der Waals surface area contributed by atoms with E-state index < -0.39 is 10.0 Å². The van der Waals surface area contributed by atoms with E-state index in [2.05, 4.69) is 5.32 Å². The molecule has 2 fully saturated rings. The summed E-state index contributed by atoms with van der Waals surface area (Å²) in [5.74, 6) is 0.0533. The van der Waals surface area contributed by atoms with Gasteiger partial charge in [0.2, 0.25) is 15.9 Å². The average molecular weight is 404 g/mol. The lowest BCUT2D eigenvalue weighted by molar-refractivity contribution is -0.135. The van der Waals surface area contributed by atoms with E-state index in [0.717, 1.165) is 24.9 Å². The van der Waals surface area contributed by atoms with E-state index in [1.807, 2.05) is 11.0 Å². The van der Waals surface area contributed by atoms with Crippen molar-refractivity contribution < 1.29 is 17.9 Å². The fourth-order valence-corrected chi connectivity index (χ4v) is 5.10. The first-order valence-electron chi connectivity index (χ1n) is 8.60. The summed E-state index contributed by atoms with van der Waals surface area (Å²) < 4.78 is 32.7. The van der Waals surface area contributed by atoms with Gasteiger partial charge in [-0.25, -0.2) is 8.42 Å². The van der Waals surface area contributed by atoms with Gasteiger partial charge < -0.3 is 15.0 Å². The molecule has 3 rings (SSSR count). The molecule has 9 heteroatoms. The first-order valence-corrected chi connectivity index (χ1v) is 10.0. The van der Waals surface area contributed by atoms with Crippen molar-refractivity contribution in [3.63, 3.8) is 0 Å². The molecule has 0 aliphatic carbocycles. The second kappa shape index (κ2) is 9.14. The number of amides is 1. The summed E-state index contributed by atoms with van der Waals surface area (Å²) in [6.45, 7) is 2.97. The number of nitrogens with zero attached hydrogens (tertiary/aromatic N) is 2. The summed E-state index contributed by atoms with van der Waals surface area (Å²) in [7, 11) is -1.98. The summed E-state index contributed by atoms with van der Waals surface area (Å²) >= 11 is 0. The maximum atomic E-state index is 13.0. The number of ether oxygens (including phenoxy) is 1. The van der Waals surface area contributed by atoms with Crippen LogP contribution in [0.1, 0.15) is 18.4 Å². The Hall–Kier alpha value is -1.19. The molecule has 1 atom stereocenters. The second-order valence-electron chi connectivity index (χ2n) is 6.50. The van der Waals surface area contributed by atoms with Crippen molar-refractivity contribution in [3.05, 3.63) is 29.8 Å². The molecule has 1 aromatic rings. The van der Waals surface area contributed by atoms with Crippen LogP contribution in [0.4, 0.5) is 0 Å². The van der Waals surface area contributed by atoms with Gasteiger partial charge in [0.05, 0.1) is 18.0 Å². The largest absolute Gasteiger partial charge is 0.380 e. The van der Waals surface area contributed by atoms with Crippen LogP contribution in [-0.2, 0) is 26.2 Å². The van der Waals surface area contributed by atoms with Crippen LogP contribution in [0.15, 0.2) is 29.2 Å². The number of halogens is 1. The van der Waals surface area contributed by atoms with Gasteiger partial charge in [-0.3, -0.25) is 4.79 Å². The van der Waals surface area contributed by atoms with Crippen LogP contribution >= 0.6 is 12.4 Å². The Kier molecular flexibility index (Phi) is 7.42. The van der Waals surface area contributed by atoms with Gasteiger partial charge in [-0.2, -0.15) is 4.31 Å². The van der Waals surface area contributed by atoms with Gasteiger partial charge in [-0.1, -0.05) is 12.1 Å². The number of nitrogens with one attached hydrogen (secondary N) is 1. The first-order chi connectivity index (χ1) is 12.0. The van der Waals surface area contributed by atoms with Crippen LogP contribution in [0, 0.1) is 0 Å². The molecule has 2 saturated heterocycles. The lowest BCUT2D eigenvalue weighted by Crippen LogP contribution is -2.57. The number of benzene rings is 1. The van der Waals surface area contributed by atoms with Crippen LogP contribution in [0.5, 0.6) is 0 Å². The molecule has 2 heterocycles. The minimum Gasteiger partial charge on any atom is -0.380 e. The lowest BCUT2D eigenvalue weighted by Gasteiger charge is -2.40. The van der Waals surface area contributed by atoms with Crippen LogP contribution in [0.25, 0.3) is 0 Å². The molecule has 26 heavy (non-hydrogen) atoms. The lowest BCUT2D eigenvalue weighted by atomic mass is 10.1. The highest BCUT2D eigenvalue weighted by Crippen LogP contribution is 2.24. The van der Waals surface area contributed by atoms with Crippen molar-refractivity contribution in [1.82, 2.24) is 14.5 Å². The van der Waals surface area contributed by atoms with Crippen LogP contribution in [0.3, 0.4) is 0 Å². The van der Waals surface area contributed by atoms with Gasteiger partial charge in [0, 0.05) is 39.3 Å². The third-order valence-electron chi connectivity index (χ3n) is 4.77. The Balaban J connectivity index is 0.00000243. The highest BCUT2D eigenvalue weighted by atomic mass is 35.5. The molecule has 0 spiro atoms. The molecular weight excluding hydrogens is 378 g/mol. The standard InChI is InChI=1S/C17H25N3O4S.ClH/c1-24-13-14-4-2-6-16(10-14)25(22,23)19-8-3-5-15(12-19)20-9-7-18-11-17(20)21;/h2,4,6,10,15,18H,3,5,7-9,11-13H2,1H3;1H. The zero-order valence-electron chi connectivity index (χ0n) is 14.9. The summed E-state index contributed by atoms with van der Waals surface area (Å²) in [4.78, 5) is 14.2. The van der Waals surface area contributed by atoms with Crippen molar-refractivity contribution in [1.29, 1.82) is 0 Å². The molecule has 0 saturated carbocycles. The molecule has 1 amide bonds. The first kappa shape index (κ1) is 21.1. The second-order valence-corrected chi connectivity index (χ2v) is 8.44. The molecule has 1 unspecified atom stereocenters. The van der Waals surface area contributed by atoms with E-state index in [4.69, 9.17) is 4.74 Å². The monoisotopic (exact) mass is 403 g/mol. The maximum Gasteiger partial charge on any atom is 0.243 e. The number of hydrogen-bond acceptors (Lipinski definition) is 5. The van der Waals surface area contributed by atoms with Gasteiger partial charge >= 0.3 is 0 Å². The summed E-state index contributed by atoms with van der Waals surface area (Å²) in [5, 5.41) is 3.05. The quantitative estimate of drug-likeness (QED) is 0.788. The van der Waals surface area contributed by atoms with Crippen molar-refractivity contribution >= 4 is 28.3 Å². The number of sulfonamides is 1. The highest BCUT2D eigenvalue weighted by Gasteiger charge is 2.35. The molecule has 0 aromatic heterocycles. The van der Waals surface area contributed by atoms with Gasteiger partial charge in [0.15, 0.2) is 0 Å². The number of hydrogen-bond donors (Lipinski definition) is 1. The Labute approximate surface area is 161 Å². The van der Waals surface area contributed by atoms with Crippen LogP contribution < -0.4 is 5.32 Å². The van der Waals surface area contributed by atoms with Gasteiger partial charge in [-0.05, 0) is 30.5 Å². The molecule has 0 bridgehead atoms. The highest BCUT2D eigenvalue weighted by molar-refractivity contribution is 7.89. The van der Waals surface area contributed by atoms with Gasteiger partial charge in [0.1, 0.15) is 0 Å². The van der Waals surface area contributed by atoms with E-state index >= 15 is 0 Å². The Bertz CT molecular complexity index is 728. The smallest absolute Gasteiger partial charge is 0.243 e. The van der Waals surface area contributed by atoms with Gasteiger partial charge in [-0.15, -0.1) is 12.4 Å². The topological polar surface area (TPSA) is 79.0 Å². The fourth-order valence-electron chi connectivity index (χ4n) is 3.51. The minimum absolute atomic E-state index is 0. The summed E-state index contributed by atoms with van der Waals surface area (Å²) in [5.41, 5.74) is 0.828. The van der Waals surface area contributed by atoms with Crippen molar-refractivity contribution in [2.75, 3.05) is 39.8 Å². The Morgan fingerprint density at radius 1 is 1.31 bits per heavy atom. The fraction of sp³-hybridized carbons (Fsp3) is 0.588. The molecule has 1 N–H and O–H groups in total. The number of piperidine rings is 1. The minimum atomic E-state index is -3.57. The molecule has 7 nitrogen and oxygen atoms in total. The molecular formula is C17H26ClN3O4S. The van der Waals surface area contributed by atoms with E-state index in [-0.39, 0.29) is 29.3 Å². The van der Waals surface area contributed by atoms with Crippen LogP contribution in [0.2, 0.25) is 0 Å². The number of methoxy groups -OCH3 is 1. The predicted molar refractivity (Wildman–Crippen MR) is 101 cm³/mol. The van der Waals surface area contributed by atoms with E-state index in [1.165, 1.54) is 4.31 Å². The van der Waals surface area contributed by atoms with Crippen molar-refractivity contribution in [2.24, 2.45) is 0 Å². The zero-order valence-corrected chi connectivity index (χ0v) is 16.5. The zero-order chi connectivity index (χ0) is 17.9. The van der Waals surface area contributed by atoms with Crippen molar-refractivity contribution in [2.45, 2.75) is 30.4 Å². The SMILES string of the molecule is COCc1cccc(S(=O)(=O)N2CCCC(N3CCNCC3=O)C2)c1.Cl. The number of piperazine rings is 1. The molecule has 0 radical (unpaired) electrons. The molecule has 2 aliphatic heterocycles. The third-order valence-corrected chi connectivity index (χ3v) is 6.63. The number of rotatable bonds is 5. The molecule has 1 aromatic carbocycles. The van der Waals surface area contributed by atoms with E-state index in [0.29, 0.717) is 32.8 Å². The van der Waals surface area contributed by atoms with E-state index in [9.17, 15) is 13.2 Å². The Morgan fingerprint density at radius 2 is 2.12 bits per heavy atom. The predicted octanol–water partition coefficient (Wildman–Crippen LogP) is 0.840. The average Bonchev–Trinajstić information content (AvgIpc) is 2.63. The van der Waals surface area contributed by atoms with Crippen molar-refractivity contribution in [3.8, 4) is 0 Å². The van der Waals surface area contributed by atoms with Crippen LogP contribution in [-0.4, -0.2) is 69.4 Å². The normalized spacial score (nSPS) is 22.1. The summed E-state index contributed by atoms with van der Waals surface area (Å²) in [6.07, 6.45) is 1.61. The van der Waals surface area contributed by atoms with E-state index in [1.54, 1.807) is 25.3 Å². The summed E-state index contributed by atoms with van der Waals surface area (Å²) in [6, 6.07) is 6.83. The molecule has 2 aliphatic rings. The van der Waals surface area contributed by atoms with Gasteiger partial charge in [0.25, 0.3) is 0 Å². The Morgan fingerprint density at radius 3 is 2.85 bits per heavy atom. The number of carbonyl (C=O) groups excluding carboxylic acids is 1. The number of carbonyl (C=O) groups is 1.